The van der Waals surface area contributed by atoms with Crippen LogP contribution >= 0.6 is 0 Å². The van der Waals surface area contributed by atoms with Crippen molar-refractivity contribution < 1.29 is 23.9 Å². The predicted molar refractivity (Wildman–Crippen MR) is 142 cm³/mol. The molecule has 2 N–H and O–H groups in total. The number of anilines is 1. The SMILES string of the molecule is CCOC(=O)C1=C(N)OC2=C(C(=O)CCC2)[C@@]12C(=O)N1c3c2cccc3[C@](C)(c2ccccc2)CC1(C)C. The molecule has 0 unspecified atom stereocenters. The zero-order valence-corrected chi connectivity index (χ0v) is 22.2. The van der Waals surface area contributed by atoms with E-state index in [0.29, 0.717) is 30.6 Å². The third kappa shape index (κ3) is 2.93. The minimum Gasteiger partial charge on any atom is -0.462 e. The van der Waals surface area contributed by atoms with E-state index < -0.39 is 22.3 Å². The van der Waals surface area contributed by atoms with Crippen LogP contribution in [0, 0.1) is 0 Å². The van der Waals surface area contributed by atoms with Crippen molar-refractivity contribution in [3.63, 3.8) is 0 Å². The van der Waals surface area contributed by atoms with Crippen molar-refractivity contribution in [1.29, 1.82) is 0 Å². The van der Waals surface area contributed by atoms with Gasteiger partial charge in [0.2, 0.25) is 11.8 Å². The van der Waals surface area contributed by atoms with E-state index >= 15 is 0 Å². The van der Waals surface area contributed by atoms with Gasteiger partial charge in [-0.25, -0.2) is 4.79 Å². The molecule has 0 saturated heterocycles. The van der Waals surface area contributed by atoms with Crippen LogP contribution in [0.1, 0.15) is 70.1 Å². The number of para-hydroxylation sites is 1. The Labute approximate surface area is 222 Å². The summed E-state index contributed by atoms with van der Waals surface area (Å²) in [5.41, 5.74) is 7.22. The lowest BCUT2D eigenvalue weighted by atomic mass is 9.63. The second-order valence-corrected chi connectivity index (χ2v) is 11.4. The summed E-state index contributed by atoms with van der Waals surface area (Å²) in [5, 5.41) is 0. The van der Waals surface area contributed by atoms with E-state index in [1.807, 2.05) is 44.2 Å². The fourth-order valence-electron chi connectivity index (χ4n) is 7.37. The third-order valence-electron chi connectivity index (χ3n) is 8.66. The van der Waals surface area contributed by atoms with E-state index in [-0.39, 0.29) is 41.7 Å². The smallest absolute Gasteiger partial charge is 0.341 e. The van der Waals surface area contributed by atoms with Gasteiger partial charge in [0.15, 0.2) is 5.78 Å². The van der Waals surface area contributed by atoms with Gasteiger partial charge in [-0.05, 0) is 44.7 Å². The van der Waals surface area contributed by atoms with Gasteiger partial charge in [-0.1, -0.05) is 55.5 Å². The molecular weight excluding hydrogens is 480 g/mol. The van der Waals surface area contributed by atoms with Crippen LogP contribution in [0.3, 0.4) is 0 Å². The number of hydrogen-bond donors (Lipinski definition) is 1. The molecule has 1 spiro atoms. The first-order valence-corrected chi connectivity index (χ1v) is 13.2. The lowest BCUT2D eigenvalue weighted by molar-refractivity contribution is -0.141. The van der Waals surface area contributed by atoms with Crippen LogP contribution in [0.25, 0.3) is 0 Å². The summed E-state index contributed by atoms with van der Waals surface area (Å²) in [6.45, 7) is 8.06. The van der Waals surface area contributed by atoms with E-state index in [9.17, 15) is 14.4 Å². The minimum atomic E-state index is -1.72. The highest BCUT2D eigenvalue weighted by atomic mass is 16.5. The number of carbonyl (C=O) groups is 3. The Morgan fingerprint density at radius 3 is 2.45 bits per heavy atom. The number of ketones is 1. The van der Waals surface area contributed by atoms with Gasteiger partial charge >= 0.3 is 5.97 Å². The monoisotopic (exact) mass is 512 g/mol. The molecule has 0 bridgehead atoms. The quantitative estimate of drug-likeness (QED) is 0.607. The van der Waals surface area contributed by atoms with E-state index in [0.717, 1.165) is 16.8 Å². The van der Waals surface area contributed by atoms with Gasteiger partial charge in [0, 0.05) is 29.4 Å². The molecule has 0 aromatic heterocycles. The van der Waals surface area contributed by atoms with Crippen molar-refractivity contribution in [3.8, 4) is 0 Å². The van der Waals surface area contributed by atoms with Crippen molar-refractivity contribution >= 4 is 23.3 Å². The van der Waals surface area contributed by atoms with E-state index in [2.05, 4.69) is 25.1 Å². The maximum atomic E-state index is 15.0. The lowest BCUT2D eigenvalue weighted by Crippen LogP contribution is -2.58. The first-order chi connectivity index (χ1) is 18.1. The molecule has 2 aromatic carbocycles. The maximum Gasteiger partial charge on any atom is 0.341 e. The zero-order valence-electron chi connectivity index (χ0n) is 22.2. The molecule has 196 valence electrons. The Kier molecular flexibility index (Phi) is 5.19. The number of benzene rings is 2. The zero-order chi connectivity index (χ0) is 27.0. The highest BCUT2D eigenvalue weighted by Gasteiger charge is 2.67. The van der Waals surface area contributed by atoms with Crippen molar-refractivity contribution in [1.82, 2.24) is 0 Å². The average Bonchev–Trinajstić information content (AvgIpc) is 3.13. The Hall–Kier alpha value is -3.87. The van der Waals surface area contributed by atoms with E-state index in [1.165, 1.54) is 0 Å². The molecule has 0 saturated carbocycles. The molecule has 1 aliphatic carbocycles. The van der Waals surface area contributed by atoms with Crippen LogP contribution in [0.2, 0.25) is 0 Å². The highest BCUT2D eigenvalue weighted by Crippen LogP contribution is 2.63. The normalized spacial score (nSPS) is 27.3. The molecule has 7 nitrogen and oxygen atoms in total. The summed E-state index contributed by atoms with van der Waals surface area (Å²) >= 11 is 0. The summed E-state index contributed by atoms with van der Waals surface area (Å²) in [5.74, 6) is -1.09. The van der Waals surface area contributed by atoms with Crippen molar-refractivity contribution in [2.24, 2.45) is 5.73 Å². The van der Waals surface area contributed by atoms with Gasteiger partial charge < -0.3 is 20.1 Å². The molecule has 6 rings (SSSR count). The molecule has 2 atom stereocenters. The number of nitrogens with two attached hydrogens (primary N) is 1. The number of carbonyl (C=O) groups excluding carboxylic acids is 3. The number of nitrogens with zero attached hydrogens (tertiary/aromatic N) is 1. The lowest BCUT2D eigenvalue weighted by Gasteiger charge is -2.50. The highest BCUT2D eigenvalue weighted by molar-refractivity contribution is 6.24. The third-order valence-corrected chi connectivity index (χ3v) is 8.66. The molecule has 7 heteroatoms. The number of esters is 1. The Bertz CT molecular complexity index is 1470. The molecule has 0 fully saturated rings. The first kappa shape index (κ1) is 24.5. The fraction of sp³-hybridized carbons (Fsp3) is 0.387. The average molecular weight is 513 g/mol. The summed E-state index contributed by atoms with van der Waals surface area (Å²) in [6.07, 6.45) is 1.98. The predicted octanol–water partition coefficient (Wildman–Crippen LogP) is 4.53. The van der Waals surface area contributed by atoms with Gasteiger partial charge in [0.05, 0.1) is 17.9 Å². The molecule has 2 aromatic rings. The van der Waals surface area contributed by atoms with E-state index in [4.69, 9.17) is 15.2 Å². The number of hydrogen-bond acceptors (Lipinski definition) is 6. The number of fused-ring (bicyclic) bond motifs is 2. The molecule has 0 radical (unpaired) electrons. The van der Waals surface area contributed by atoms with Crippen LogP contribution < -0.4 is 10.6 Å². The molecule has 3 heterocycles. The minimum absolute atomic E-state index is 0.0912. The van der Waals surface area contributed by atoms with Crippen molar-refractivity contribution in [2.45, 2.75) is 69.7 Å². The molecule has 3 aliphatic heterocycles. The van der Waals surface area contributed by atoms with Crippen LogP contribution in [0.5, 0.6) is 0 Å². The number of allylic oxidation sites excluding steroid dienone is 1. The summed E-state index contributed by atoms with van der Waals surface area (Å²) < 4.78 is 11.3. The van der Waals surface area contributed by atoms with Crippen LogP contribution in [-0.2, 0) is 34.7 Å². The second kappa shape index (κ2) is 8.06. The number of amides is 1. The van der Waals surface area contributed by atoms with Crippen molar-refractivity contribution in [3.05, 3.63) is 88.0 Å². The van der Waals surface area contributed by atoms with Gasteiger partial charge in [-0.15, -0.1) is 0 Å². The van der Waals surface area contributed by atoms with E-state index in [1.54, 1.807) is 11.8 Å². The van der Waals surface area contributed by atoms with Crippen LogP contribution in [0.4, 0.5) is 5.69 Å². The number of rotatable bonds is 3. The van der Waals surface area contributed by atoms with Crippen molar-refractivity contribution in [2.75, 3.05) is 11.5 Å². The van der Waals surface area contributed by atoms with Gasteiger partial charge in [-0.2, -0.15) is 0 Å². The van der Waals surface area contributed by atoms with Crippen LogP contribution in [-0.4, -0.2) is 29.8 Å². The Balaban J connectivity index is 1.73. The van der Waals surface area contributed by atoms with Gasteiger partial charge in [0.1, 0.15) is 16.7 Å². The molecule has 38 heavy (non-hydrogen) atoms. The summed E-state index contributed by atoms with van der Waals surface area (Å²) in [7, 11) is 0. The van der Waals surface area contributed by atoms with Crippen LogP contribution in [0.15, 0.2) is 71.3 Å². The Morgan fingerprint density at radius 2 is 1.74 bits per heavy atom. The molecule has 4 aliphatic rings. The first-order valence-electron chi connectivity index (χ1n) is 13.2. The molecular formula is C31H32N2O5. The largest absolute Gasteiger partial charge is 0.462 e. The second-order valence-electron chi connectivity index (χ2n) is 11.4. The summed E-state index contributed by atoms with van der Waals surface area (Å²) in [6, 6.07) is 16.1. The molecule has 1 amide bonds. The number of ether oxygens (including phenoxy) is 2. The summed E-state index contributed by atoms with van der Waals surface area (Å²) in [4.78, 5) is 44.0. The maximum absolute atomic E-state index is 15.0. The topological polar surface area (TPSA) is 98.9 Å². The fourth-order valence-corrected chi connectivity index (χ4v) is 7.37. The standard InChI is InChI=1S/C31H32N2O5/c1-5-37-27(35)24-26(32)38-22-16-10-15-21(34)23(22)31(24)20-14-9-13-19-25(20)33(28(31)36)29(2,3)17-30(19,4)18-11-7-6-8-12-18/h6-9,11-14H,5,10,15-17,32H2,1-4H3/t30-,31+/m0/s1. The van der Waals surface area contributed by atoms with Gasteiger partial charge in [0.25, 0.3) is 0 Å². The number of Topliss-reactive ketones (excluding diaryl/α,β-unsaturated/α-hetero) is 1. The van der Waals surface area contributed by atoms with Gasteiger partial charge in [-0.3, -0.25) is 9.59 Å². The Morgan fingerprint density at radius 1 is 1.03 bits per heavy atom.